The van der Waals surface area contributed by atoms with Crippen LogP contribution < -0.4 is 11.1 Å². The van der Waals surface area contributed by atoms with Gasteiger partial charge in [-0.25, -0.2) is 0 Å². The lowest BCUT2D eigenvalue weighted by Crippen LogP contribution is -2.33. The first-order valence-electron chi connectivity index (χ1n) is 5.44. The molecule has 0 aromatic carbocycles. The van der Waals surface area contributed by atoms with E-state index in [2.05, 4.69) is 15.5 Å². The smallest absolute Gasteiger partial charge is 0.254 e. The van der Waals surface area contributed by atoms with Crippen molar-refractivity contribution in [3.05, 3.63) is 11.8 Å². The maximum atomic E-state index is 11.9. The van der Waals surface area contributed by atoms with E-state index in [0.29, 0.717) is 18.0 Å². The molecule has 0 aliphatic carbocycles. The molecule has 1 amide bonds. The Morgan fingerprint density at radius 2 is 2.47 bits per heavy atom. The number of aromatic nitrogens is 2. The molecular formula is C10H14N4O2S. The molecular weight excluding hydrogens is 240 g/mol. The predicted molar refractivity (Wildman–Crippen MR) is 66.7 cm³/mol. The highest BCUT2D eigenvalue weighted by Gasteiger charge is 2.23. The first kappa shape index (κ1) is 12.0. The highest BCUT2D eigenvalue weighted by atomic mass is 32.1. The van der Waals surface area contributed by atoms with Gasteiger partial charge in [0.2, 0.25) is 0 Å². The van der Waals surface area contributed by atoms with Gasteiger partial charge in [0, 0.05) is 6.61 Å². The lowest BCUT2D eigenvalue weighted by atomic mass is 10.1. The molecule has 0 spiro atoms. The summed E-state index contributed by atoms with van der Waals surface area (Å²) in [6, 6.07) is 0. The number of H-pyrrole nitrogens is 1. The number of nitrogens with zero attached hydrogens (tertiary/aromatic N) is 1. The van der Waals surface area contributed by atoms with Crippen molar-refractivity contribution < 1.29 is 9.53 Å². The first-order chi connectivity index (χ1) is 8.18. The quantitative estimate of drug-likeness (QED) is 0.685. The van der Waals surface area contributed by atoms with E-state index in [0.717, 1.165) is 19.3 Å². The third-order valence-corrected chi connectivity index (χ3v) is 2.85. The van der Waals surface area contributed by atoms with Gasteiger partial charge in [-0.2, -0.15) is 5.10 Å². The zero-order chi connectivity index (χ0) is 12.3. The minimum absolute atomic E-state index is 0.188. The van der Waals surface area contributed by atoms with E-state index >= 15 is 0 Å². The van der Waals surface area contributed by atoms with Crippen molar-refractivity contribution in [3.8, 4) is 0 Å². The SMILES string of the molecule is NC(=S)c1cn[nH]c1NC(=O)C1CCCCO1. The van der Waals surface area contributed by atoms with Crippen LogP contribution in [0.25, 0.3) is 0 Å². The summed E-state index contributed by atoms with van der Waals surface area (Å²) >= 11 is 4.85. The fourth-order valence-corrected chi connectivity index (χ4v) is 1.87. The van der Waals surface area contributed by atoms with Crippen LogP contribution in [0.15, 0.2) is 6.20 Å². The van der Waals surface area contributed by atoms with E-state index < -0.39 is 6.10 Å². The fourth-order valence-electron chi connectivity index (χ4n) is 1.72. The molecule has 1 aliphatic heterocycles. The summed E-state index contributed by atoms with van der Waals surface area (Å²) in [6.45, 7) is 0.628. The van der Waals surface area contributed by atoms with Crippen LogP contribution in [0.4, 0.5) is 5.82 Å². The standard InChI is InChI=1S/C10H14N4O2S/c11-8(17)6-5-12-14-9(6)13-10(15)7-3-1-2-4-16-7/h5,7H,1-4H2,(H2,11,17)(H2,12,13,14,15). The zero-order valence-electron chi connectivity index (χ0n) is 9.23. The van der Waals surface area contributed by atoms with E-state index in [4.69, 9.17) is 22.7 Å². The molecule has 1 saturated heterocycles. The van der Waals surface area contributed by atoms with Crippen molar-refractivity contribution >= 4 is 28.9 Å². The van der Waals surface area contributed by atoms with Gasteiger partial charge in [-0.15, -0.1) is 0 Å². The number of ether oxygens (including phenoxy) is 1. The summed E-state index contributed by atoms with van der Waals surface area (Å²) in [4.78, 5) is 12.1. The number of hydrogen-bond acceptors (Lipinski definition) is 4. The molecule has 1 aromatic rings. The van der Waals surface area contributed by atoms with E-state index in [1.807, 2.05) is 0 Å². The van der Waals surface area contributed by atoms with Crippen molar-refractivity contribution in [3.63, 3.8) is 0 Å². The average Bonchev–Trinajstić information content (AvgIpc) is 2.78. The third-order valence-electron chi connectivity index (χ3n) is 2.63. The minimum atomic E-state index is -0.397. The minimum Gasteiger partial charge on any atom is -0.389 e. The Morgan fingerprint density at radius 3 is 3.12 bits per heavy atom. The molecule has 92 valence electrons. The molecule has 2 rings (SSSR count). The largest absolute Gasteiger partial charge is 0.389 e. The highest BCUT2D eigenvalue weighted by molar-refractivity contribution is 7.80. The van der Waals surface area contributed by atoms with Gasteiger partial charge >= 0.3 is 0 Å². The van der Waals surface area contributed by atoms with Crippen molar-refractivity contribution in [1.29, 1.82) is 0 Å². The van der Waals surface area contributed by atoms with Gasteiger partial charge in [0.15, 0.2) is 0 Å². The molecule has 1 aliphatic rings. The summed E-state index contributed by atoms with van der Waals surface area (Å²) in [5.41, 5.74) is 6.03. The van der Waals surface area contributed by atoms with Gasteiger partial charge < -0.3 is 15.8 Å². The van der Waals surface area contributed by atoms with Crippen molar-refractivity contribution in [2.45, 2.75) is 25.4 Å². The van der Waals surface area contributed by atoms with Crippen LogP contribution in [-0.4, -0.2) is 33.8 Å². The Hall–Kier alpha value is -1.47. The predicted octanol–water partition coefficient (Wildman–Crippen LogP) is 0.551. The lowest BCUT2D eigenvalue weighted by molar-refractivity contribution is -0.130. The lowest BCUT2D eigenvalue weighted by Gasteiger charge is -2.21. The molecule has 2 heterocycles. The Balaban J connectivity index is 2.02. The van der Waals surface area contributed by atoms with Gasteiger partial charge in [-0.1, -0.05) is 12.2 Å². The number of carbonyl (C=O) groups is 1. The van der Waals surface area contributed by atoms with E-state index in [1.54, 1.807) is 0 Å². The monoisotopic (exact) mass is 254 g/mol. The first-order valence-corrected chi connectivity index (χ1v) is 5.85. The van der Waals surface area contributed by atoms with Gasteiger partial charge in [0.05, 0.1) is 11.8 Å². The van der Waals surface area contributed by atoms with E-state index in [-0.39, 0.29) is 10.9 Å². The van der Waals surface area contributed by atoms with Gasteiger partial charge in [-0.3, -0.25) is 9.89 Å². The number of hydrogen-bond donors (Lipinski definition) is 3. The van der Waals surface area contributed by atoms with Crippen LogP contribution in [0.1, 0.15) is 24.8 Å². The molecule has 1 unspecified atom stereocenters. The second-order valence-electron chi connectivity index (χ2n) is 3.87. The third kappa shape index (κ3) is 2.80. The van der Waals surface area contributed by atoms with Crippen LogP contribution >= 0.6 is 12.2 Å². The molecule has 6 nitrogen and oxygen atoms in total. The molecule has 4 N–H and O–H groups in total. The second-order valence-corrected chi connectivity index (χ2v) is 4.31. The molecule has 0 bridgehead atoms. The molecule has 0 radical (unpaired) electrons. The Kier molecular flexibility index (Phi) is 3.70. The molecule has 1 atom stereocenters. The summed E-state index contributed by atoms with van der Waals surface area (Å²) in [5, 5.41) is 9.14. The molecule has 17 heavy (non-hydrogen) atoms. The van der Waals surface area contributed by atoms with Crippen LogP contribution in [0.3, 0.4) is 0 Å². The molecule has 1 fully saturated rings. The number of rotatable bonds is 3. The number of thiocarbonyl (C=S) groups is 1. The highest BCUT2D eigenvalue weighted by Crippen LogP contribution is 2.16. The van der Waals surface area contributed by atoms with Crippen LogP contribution in [0, 0.1) is 0 Å². The number of aromatic amines is 1. The summed E-state index contributed by atoms with van der Waals surface area (Å²) in [6.07, 6.45) is 3.84. The van der Waals surface area contributed by atoms with Crippen LogP contribution in [0.5, 0.6) is 0 Å². The van der Waals surface area contributed by atoms with Crippen LogP contribution in [0.2, 0.25) is 0 Å². The number of nitrogens with two attached hydrogens (primary N) is 1. The van der Waals surface area contributed by atoms with Crippen molar-refractivity contribution in [2.75, 3.05) is 11.9 Å². The fraction of sp³-hybridized carbons (Fsp3) is 0.500. The summed E-state index contributed by atoms with van der Waals surface area (Å²) in [7, 11) is 0. The van der Waals surface area contributed by atoms with Gasteiger partial charge in [-0.05, 0) is 19.3 Å². The Morgan fingerprint density at radius 1 is 1.65 bits per heavy atom. The number of carbonyl (C=O) groups excluding carboxylic acids is 1. The zero-order valence-corrected chi connectivity index (χ0v) is 10.0. The van der Waals surface area contributed by atoms with Gasteiger partial charge in [0.1, 0.15) is 16.9 Å². The maximum Gasteiger partial charge on any atom is 0.254 e. The molecule has 7 heteroatoms. The number of anilines is 1. The second kappa shape index (κ2) is 5.24. The van der Waals surface area contributed by atoms with Crippen molar-refractivity contribution in [1.82, 2.24) is 10.2 Å². The topological polar surface area (TPSA) is 93.0 Å². The Labute approximate surface area is 104 Å². The number of nitrogens with one attached hydrogen (secondary N) is 2. The van der Waals surface area contributed by atoms with Gasteiger partial charge in [0.25, 0.3) is 5.91 Å². The normalized spacial score (nSPS) is 19.9. The summed E-state index contributed by atoms with van der Waals surface area (Å²) in [5.74, 6) is 0.239. The molecule has 0 saturated carbocycles. The van der Waals surface area contributed by atoms with E-state index in [1.165, 1.54) is 6.20 Å². The van der Waals surface area contributed by atoms with Crippen molar-refractivity contribution in [2.24, 2.45) is 5.73 Å². The average molecular weight is 254 g/mol. The number of amides is 1. The van der Waals surface area contributed by atoms with Crippen LogP contribution in [-0.2, 0) is 9.53 Å². The maximum absolute atomic E-state index is 11.9. The summed E-state index contributed by atoms with van der Waals surface area (Å²) < 4.78 is 5.38. The molecule has 1 aromatic heterocycles. The Bertz CT molecular complexity index is 426. The van der Waals surface area contributed by atoms with E-state index in [9.17, 15) is 4.79 Å².